The Hall–Kier alpha value is -6.03. The number of nitriles is 3. The highest BCUT2D eigenvalue weighted by molar-refractivity contribution is 6.15. The molecule has 6 aromatic carbocycles. The molecule has 0 fully saturated rings. The minimum absolute atomic E-state index is 0.380. The van der Waals surface area contributed by atoms with Gasteiger partial charge >= 0.3 is 0 Å². The van der Waals surface area contributed by atoms with E-state index in [2.05, 4.69) is 0 Å². The number of nitrogens with zero attached hydrogens (tertiary/aromatic N) is 3. The zero-order chi connectivity index (χ0) is 26.8. The van der Waals surface area contributed by atoms with Crippen LogP contribution >= 0.6 is 0 Å². The maximum absolute atomic E-state index is 9.48. The summed E-state index contributed by atoms with van der Waals surface area (Å²) in [6.07, 6.45) is 5.40. The largest absolute Gasteiger partial charge is 0.387 e. The molecule has 6 rings (SSSR count). The second kappa shape index (κ2) is 9.79. The smallest absolute Gasteiger partial charge is 0.292 e. The first-order chi connectivity index (χ1) is 19.2. The van der Waals surface area contributed by atoms with Crippen molar-refractivity contribution in [3.05, 3.63) is 103 Å². The highest BCUT2D eigenvalue weighted by atomic mass is 16.5. The van der Waals surface area contributed by atoms with Gasteiger partial charge in [-0.25, -0.2) is 0 Å². The van der Waals surface area contributed by atoms with Crippen LogP contribution in [0.25, 0.3) is 54.6 Å². The number of rotatable bonds is 5. The molecule has 39 heavy (non-hydrogen) atoms. The maximum Gasteiger partial charge on any atom is 0.292 e. The van der Waals surface area contributed by atoms with Crippen LogP contribution < -0.4 is 14.2 Å². The fraction of sp³-hybridized carbons (Fsp3) is 0. The predicted molar refractivity (Wildman–Crippen MR) is 149 cm³/mol. The Bertz CT molecular complexity index is 2040. The number of benzene rings is 6. The second-order valence-corrected chi connectivity index (χ2v) is 8.74. The van der Waals surface area contributed by atoms with Crippen LogP contribution in [0.3, 0.4) is 0 Å². The first-order valence-corrected chi connectivity index (χ1v) is 12.0. The van der Waals surface area contributed by atoms with E-state index in [4.69, 9.17) is 14.2 Å². The lowest BCUT2D eigenvalue weighted by Crippen LogP contribution is -1.94. The van der Waals surface area contributed by atoms with Crippen LogP contribution in [-0.2, 0) is 0 Å². The number of hydrogen-bond donors (Lipinski definition) is 0. The van der Waals surface area contributed by atoms with Crippen molar-refractivity contribution in [3.8, 4) is 58.3 Å². The molecule has 0 aliphatic heterocycles. The first kappa shape index (κ1) is 23.4. The average Bonchev–Trinajstić information content (AvgIpc) is 2.97. The molecule has 6 heteroatoms. The Labute approximate surface area is 223 Å². The molecule has 6 aromatic rings. The molecule has 0 radical (unpaired) electrons. The summed E-state index contributed by atoms with van der Waals surface area (Å²) in [7, 11) is 0. The summed E-state index contributed by atoms with van der Waals surface area (Å²) in [5.74, 6) is 1.23. The van der Waals surface area contributed by atoms with Crippen molar-refractivity contribution >= 4 is 32.3 Å². The van der Waals surface area contributed by atoms with Crippen molar-refractivity contribution in [2.45, 2.75) is 0 Å². The molecule has 0 saturated carbocycles. The van der Waals surface area contributed by atoms with Crippen molar-refractivity contribution in [2.75, 3.05) is 0 Å². The summed E-state index contributed by atoms with van der Waals surface area (Å²) in [5, 5.41) is 33.2. The van der Waals surface area contributed by atoms with Crippen molar-refractivity contribution in [2.24, 2.45) is 0 Å². The van der Waals surface area contributed by atoms with Gasteiger partial charge in [-0.3, -0.25) is 0 Å². The second-order valence-electron chi connectivity index (χ2n) is 8.74. The van der Waals surface area contributed by atoms with Crippen LogP contribution in [0.1, 0.15) is 0 Å². The molecule has 182 valence electrons. The van der Waals surface area contributed by atoms with Crippen molar-refractivity contribution in [3.63, 3.8) is 0 Å². The van der Waals surface area contributed by atoms with E-state index < -0.39 is 0 Å². The quantitative estimate of drug-likeness (QED) is 0.221. The van der Waals surface area contributed by atoms with Gasteiger partial charge in [-0.1, -0.05) is 84.9 Å². The summed E-state index contributed by atoms with van der Waals surface area (Å²) in [6, 6.07) is 32.4. The van der Waals surface area contributed by atoms with Crippen molar-refractivity contribution in [1.82, 2.24) is 0 Å². The zero-order valence-electron chi connectivity index (χ0n) is 20.4. The minimum Gasteiger partial charge on any atom is -0.387 e. The molecule has 0 saturated heterocycles. The SMILES string of the molecule is N#COc1ccc2ccccc2c1-c1ccc(-c2cccc3cccc(OC#N)c23)c2c(OC#N)cccc12. The molecule has 0 spiro atoms. The van der Waals surface area contributed by atoms with E-state index >= 15 is 0 Å². The van der Waals surface area contributed by atoms with Gasteiger partial charge in [-0.2, -0.15) is 0 Å². The standard InChI is InChI=1S/C33H17N3O3/c34-18-37-28-12-4-8-22-7-3-10-24(31(22)28)26-15-16-27(25-11-5-13-29(33(25)26)38-19-35)32-23-9-2-1-6-21(23)14-17-30(32)39-20-36/h1-17H. The van der Waals surface area contributed by atoms with E-state index in [1.54, 1.807) is 30.7 Å². The van der Waals surface area contributed by atoms with E-state index in [0.717, 1.165) is 49.2 Å². The lowest BCUT2D eigenvalue weighted by atomic mass is 9.87. The van der Waals surface area contributed by atoms with E-state index in [9.17, 15) is 15.8 Å². The van der Waals surface area contributed by atoms with Gasteiger partial charge in [0.2, 0.25) is 0 Å². The van der Waals surface area contributed by atoms with Crippen LogP contribution in [0, 0.1) is 34.6 Å². The van der Waals surface area contributed by atoms with E-state index in [0.29, 0.717) is 22.6 Å². The van der Waals surface area contributed by atoms with E-state index in [-0.39, 0.29) is 0 Å². The molecule has 0 bridgehead atoms. The van der Waals surface area contributed by atoms with Gasteiger partial charge in [-0.05, 0) is 56.4 Å². The number of ether oxygens (including phenoxy) is 3. The van der Waals surface area contributed by atoms with Crippen LogP contribution in [0.4, 0.5) is 0 Å². The van der Waals surface area contributed by atoms with Crippen molar-refractivity contribution < 1.29 is 14.2 Å². The Morgan fingerprint density at radius 3 is 1.74 bits per heavy atom. The third-order valence-corrected chi connectivity index (χ3v) is 6.79. The minimum atomic E-state index is 0.380. The van der Waals surface area contributed by atoms with Gasteiger partial charge in [0.15, 0.2) is 17.2 Å². The fourth-order valence-electron chi connectivity index (χ4n) is 5.28. The molecule has 0 N–H and O–H groups in total. The van der Waals surface area contributed by atoms with E-state index in [1.165, 1.54) is 0 Å². The topological polar surface area (TPSA) is 99.1 Å². The van der Waals surface area contributed by atoms with E-state index in [1.807, 2.05) is 91.2 Å². The van der Waals surface area contributed by atoms with Crippen LogP contribution in [0.5, 0.6) is 17.2 Å². The third kappa shape index (κ3) is 3.89. The number of fused-ring (bicyclic) bond motifs is 3. The molecule has 0 amide bonds. The molecule has 0 aromatic heterocycles. The molecule has 0 atom stereocenters. The molecule has 0 unspecified atom stereocenters. The van der Waals surface area contributed by atoms with Crippen molar-refractivity contribution in [1.29, 1.82) is 15.8 Å². The normalized spacial score (nSPS) is 10.5. The molecular weight excluding hydrogens is 486 g/mol. The molecular formula is C33H17N3O3. The fourth-order valence-corrected chi connectivity index (χ4v) is 5.28. The van der Waals surface area contributed by atoms with Gasteiger partial charge in [0.1, 0.15) is 0 Å². The van der Waals surface area contributed by atoms with Gasteiger partial charge in [-0.15, -0.1) is 15.8 Å². The number of hydrogen-bond acceptors (Lipinski definition) is 6. The highest BCUT2D eigenvalue weighted by Gasteiger charge is 2.20. The van der Waals surface area contributed by atoms with Gasteiger partial charge < -0.3 is 14.2 Å². The van der Waals surface area contributed by atoms with Gasteiger partial charge in [0.05, 0.1) is 0 Å². The molecule has 0 heterocycles. The summed E-state index contributed by atoms with van der Waals surface area (Å²) >= 11 is 0. The Kier molecular flexibility index (Phi) is 5.87. The molecule has 0 aliphatic rings. The summed E-state index contributed by atoms with van der Waals surface area (Å²) in [6.45, 7) is 0. The summed E-state index contributed by atoms with van der Waals surface area (Å²) in [4.78, 5) is 0. The monoisotopic (exact) mass is 503 g/mol. The summed E-state index contributed by atoms with van der Waals surface area (Å²) < 4.78 is 16.2. The Morgan fingerprint density at radius 1 is 0.410 bits per heavy atom. The lowest BCUT2D eigenvalue weighted by molar-refractivity contribution is 0.509. The van der Waals surface area contributed by atoms with Gasteiger partial charge in [0, 0.05) is 16.3 Å². The third-order valence-electron chi connectivity index (χ3n) is 6.79. The molecule has 0 aliphatic carbocycles. The van der Waals surface area contributed by atoms with Crippen LogP contribution in [-0.4, -0.2) is 0 Å². The first-order valence-electron chi connectivity index (χ1n) is 12.0. The zero-order valence-corrected chi connectivity index (χ0v) is 20.4. The predicted octanol–water partition coefficient (Wildman–Crippen LogP) is 8.06. The Balaban J connectivity index is 1.75. The lowest BCUT2D eigenvalue weighted by Gasteiger charge is -2.18. The average molecular weight is 504 g/mol. The Morgan fingerprint density at radius 2 is 0.974 bits per heavy atom. The summed E-state index contributed by atoms with van der Waals surface area (Å²) in [5.41, 5.74) is 3.18. The maximum atomic E-state index is 9.48. The van der Waals surface area contributed by atoms with Crippen LogP contribution in [0.2, 0.25) is 0 Å². The van der Waals surface area contributed by atoms with Gasteiger partial charge in [0.25, 0.3) is 18.8 Å². The molecule has 6 nitrogen and oxygen atoms in total. The van der Waals surface area contributed by atoms with Crippen LogP contribution in [0.15, 0.2) is 103 Å². The highest BCUT2D eigenvalue weighted by Crippen LogP contribution is 2.47.